The van der Waals surface area contributed by atoms with Gasteiger partial charge in [-0.15, -0.1) is 0 Å². The lowest BCUT2D eigenvalue weighted by molar-refractivity contribution is 0.0696. The highest BCUT2D eigenvalue weighted by molar-refractivity contribution is 5.94. The van der Waals surface area contributed by atoms with Crippen molar-refractivity contribution in [1.29, 1.82) is 0 Å². The molecule has 1 amide bonds. The summed E-state index contributed by atoms with van der Waals surface area (Å²) in [6, 6.07) is 14.2. The SMILES string of the molecule is O=C(O)c1ccc(CNC(=O)c2ccc(C3CCOCC3)cc2)cc1. The normalized spacial score (nSPS) is 14.9. The second-order valence-corrected chi connectivity index (χ2v) is 6.19. The number of carboxylic acids is 1. The molecule has 0 radical (unpaired) electrons. The van der Waals surface area contributed by atoms with Crippen LogP contribution in [0, 0.1) is 0 Å². The minimum absolute atomic E-state index is 0.138. The van der Waals surface area contributed by atoms with Crippen molar-refractivity contribution in [2.75, 3.05) is 13.2 Å². The average molecular weight is 339 g/mol. The lowest BCUT2D eigenvalue weighted by atomic mass is 9.91. The van der Waals surface area contributed by atoms with Crippen LogP contribution in [0.2, 0.25) is 0 Å². The molecule has 0 saturated carbocycles. The van der Waals surface area contributed by atoms with Gasteiger partial charge in [-0.1, -0.05) is 24.3 Å². The van der Waals surface area contributed by atoms with E-state index < -0.39 is 5.97 Å². The van der Waals surface area contributed by atoms with Gasteiger partial charge in [0.05, 0.1) is 5.56 Å². The molecule has 0 spiro atoms. The Morgan fingerprint density at radius 3 is 2.16 bits per heavy atom. The molecule has 5 nitrogen and oxygen atoms in total. The van der Waals surface area contributed by atoms with Gasteiger partial charge in [-0.2, -0.15) is 0 Å². The largest absolute Gasteiger partial charge is 0.478 e. The Kier molecular flexibility index (Phi) is 5.46. The summed E-state index contributed by atoms with van der Waals surface area (Å²) >= 11 is 0. The van der Waals surface area contributed by atoms with E-state index in [1.54, 1.807) is 12.1 Å². The third-order valence-corrected chi connectivity index (χ3v) is 4.52. The Morgan fingerprint density at radius 1 is 0.960 bits per heavy atom. The van der Waals surface area contributed by atoms with Crippen LogP contribution < -0.4 is 5.32 Å². The maximum absolute atomic E-state index is 12.3. The Balaban J connectivity index is 1.56. The first-order valence-electron chi connectivity index (χ1n) is 8.41. The Labute approximate surface area is 146 Å². The van der Waals surface area contributed by atoms with Crippen LogP contribution in [0.25, 0.3) is 0 Å². The molecule has 130 valence electrons. The van der Waals surface area contributed by atoms with E-state index in [2.05, 4.69) is 5.32 Å². The monoisotopic (exact) mass is 339 g/mol. The van der Waals surface area contributed by atoms with Crippen molar-refractivity contribution >= 4 is 11.9 Å². The van der Waals surface area contributed by atoms with Gasteiger partial charge in [-0.05, 0) is 54.2 Å². The molecule has 2 N–H and O–H groups in total. The van der Waals surface area contributed by atoms with Crippen molar-refractivity contribution in [1.82, 2.24) is 5.32 Å². The Bertz CT molecular complexity index is 731. The van der Waals surface area contributed by atoms with Crippen LogP contribution in [-0.2, 0) is 11.3 Å². The van der Waals surface area contributed by atoms with Crippen LogP contribution in [0.1, 0.15) is 50.6 Å². The van der Waals surface area contributed by atoms with Gasteiger partial charge < -0.3 is 15.2 Å². The Hall–Kier alpha value is -2.66. The number of hydrogen-bond donors (Lipinski definition) is 2. The van der Waals surface area contributed by atoms with Crippen LogP contribution in [-0.4, -0.2) is 30.2 Å². The number of ether oxygens (including phenoxy) is 1. The van der Waals surface area contributed by atoms with E-state index >= 15 is 0 Å². The number of nitrogens with one attached hydrogen (secondary N) is 1. The average Bonchev–Trinajstić information content (AvgIpc) is 2.67. The van der Waals surface area contributed by atoms with E-state index in [0.717, 1.165) is 31.6 Å². The number of aromatic carboxylic acids is 1. The highest BCUT2D eigenvalue weighted by Crippen LogP contribution is 2.26. The number of rotatable bonds is 5. The molecule has 0 bridgehead atoms. The van der Waals surface area contributed by atoms with Gasteiger partial charge in [0.25, 0.3) is 5.91 Å². The standard InChI is InChI=1S/C20H21NO4/c22-19(21-13-14-1-3-18(4-2-14)20(23)24)17-7-5-15(6-8-17)16-9-11-25-12-10-16/h1-8,16H,9-13H2,(H,21,22)(H,23,24). The smallest absolute Gasteiger partial charge is 0.335 e. The third kappa shape index (κ3) is 4.45. The van der Waals surface area contributed by atoms with Gasteiger partial charge in [-0.25, -0.2) is 4.79 Å². The van der Waals surface area contributed by atoms with E-state index in [-0.39, 0.29) is 11.5 Å². The summed E-state index contributed by atoms with van der Waals surface area (Å²) in [6.07, 6.45) is 2.05. The number of carbonyl (C=O) groups excluding carboxylic acids is 1. The highest BCUT2D eigenvalue weighted by Gasteiger charge is 2.16. The molecule has 5 heteroatoms. The quantitative estimate of drug-likeness (QED) is 0.877. The van der Waals surface area contributed by atoms with Gasteiger partial charge in [-0.3, -0.25) is 4.79 Å². The van der Waals surface area contributed by atoms with Crippen LogP contribution in [0.5, 0.6) is 0 Å². The summed E-state index contributed by atoms with van der Waals surface area (Å²) in [4.78, 5) is 23.1. The van der Waals surface area contributed by atoms with Crippen molar-refractivity contribution in [3.8, 4) is 0 Å². The number of benzene rings is 2. The molecule has 2 aromatic rings. The van der Waals surface area contributed by atoms with Gasteiger partial charge in [0.2, 0.25) is 0 Å². The number of amides is 1. The molecule has 1 saturated heterocycles. The summed E-state index contributed by atoms with van der Waals surface area (Å²) in [5.74, 6) is -0.584. The fourth-order valence-electron chi connectivity index (χ4n) is 2.99. The van der Waals surface area contributed by atoms with E-state index in [0.29, 0.717) is 18.0 Å². The lowest BCUT2D eigenvalue weighted by Crippen LogP contribution is -2.23. The van der Waals surface area contributed by atoms with E-state index in [1.807, 2.05) is 24.3 Å². The van der Waals surface area contributed by atoms with E-state index in [4.69, 9.17) is 9.84 Å². The van der Waals surface area contributed by atoms with Gasteiger partial charge in [0, 0.05) is 25.3 Å². The molecular weight excluding hydrogens is 318 g/mol. The third-order valence-electron chi connectivity index (χ3n) is 4.52. The topological polar surface area (TPSA) is 75.6 Å². The lowest BCUT2D eigenvalue weighted by Gasteiger charge is -2.22. The van der Waals surface area contributed by atoms with Gasteiger partial charge in [0.15, 0.2) is 0 Å². The van der Waals surface area contributed by atoms with Crippen LogP contribution in [0.3, 0.4) is 0 Å². The van der Waals surface area contributed by atoms with Crippen molar-refractivity contribution in [2.24, 2.45) is 0 Å². The van der Waals surface area contributed by atoms with Crippen LogP contribution in [0.4, 0.5) is 0 Å². The fourth-order valence-corrected chi connectivity index (χ4v) is 2.99. The van der Waals surface area contributed by atoms with Crippen molar-refractivity contribution in [3.63, 3.8) is 0 Å². The molecule has 0 aliphatic carbocycles. The van der Waals surface area contributed by atoms with E-state index in [9.17, 15) is 9.59 Å². The van der Waals surface area contributed by atoms with Crippen molar-refractivity contribution < 1.29 is 19.4 Å². The number of hydrogen-bond acceptors (Lipinski definition) is 3. The maximum atomic E-state index is 12.3. The zero-order valence-corrected chi connectivity index (χ0v) is 13.9. The van der Waals surface area contributed by atoms with Crippen LogP contribution >= 0.6 is 0 Å². The van der Waals surface area contributed by atoms with Crippen molar-refractivity contribution in [2.45, 2.75) is 25.3 Å². The molecule has 0 aromatic heterocycles. The summed E-state index contributed by atoms with van der Waals surface area (Å²) in [7, 11) is 0. The molecule has 25 heavy (non-hydrogen) atoms. The Morgan fingerprint density at radius 2 is 1.56 bits per heavy atom. The molecule has 1 aliphatic rings. The molecule has 0 atom stereocenters. The van der Waals surface area contributed by atoms with Gasteiger partial charge >= 0.3 is 5.97 Å². The predicted molar refractivity (Wildman–Crippen MR) is 93.8 cm³/mol. The maximum Gasteiger partial charge on any atom is 0.335 e. The first-order valence-corrected chi connectivity index (χ1v) is 8.41. The summed E-state index contributed by atoms with van der Waals surface area (Å²) in [5.41, 5.74) is 2.97. The minimum Gasteiger partial charge on any atom is -0.478 e. The summed E-state index contributed by atoms with van der Waals surface area (Å²) in [6.45, 7) is 1.96. The second-order valence-electron chi connectivity index (χ2n) is 6.19. The molecule has 0 unspecified atom stereocenters. The van der Waals surface area contributed by atoms with E-state index in [1.165, 1.54) is 17.7 Å². The fraction of sp³-hybridized carbons (Fsp3) is 0.300. The molecule has 1 fully saturated rings. The van der Waals surface area contributed by atoms with Crippen molar-refractivity contribution in [3.05, 3.63) is 70.8 Å². The first-order chi connectivity index (χ1) is 12.1. The molecular formula is C20H21NO4. The number of carbonyl (C=O) groups is 2. The second kappa shape index (κ2) is 7.94. The van der Waals surface area contributed by atoms with Crippen LogP contribution in [0.15, 0.2) is 48.5 Å². The zero-order chi connectivity index (χ0) is 17.6. The minimum atomic E-state index is -0.958. The summed E-state index contributed by atoms with van der Waals surface area (Å²) < 4.78 is 5.38. The first kappa shape index (κ1) is 17.2. The molecule has 2 aromatic carbocycles. The molecule has 3 rings (SSSR count). The number of carboxylic acid groups (broad SMARTS) is 1. The predicted octanol–water partition coefficient (Wildman–Crippen LogP) is 3.21. The molecule has 1 aliphatic heterocycles. The highest BCUT2D eigenvalue weighted by atomic mass is 16.5. The van der Waals surface area contributed by atoms with Gasteiger partial charge in [0.1, 0.15) is 0 Å². The summed E-state index contributed by atoms with van der Waals surface area (Å²) in [5, 5.41) is 11.7. The molecule has 1 heterocycles. The zero-order valence-electron chi connectivity index (χ0n) is 13.9.